The highest BCUT2D eigenvalue weighted by atomic mass is 32.2. The average molecular weight is 1160 g/mol. The van der Waals surface area contributed by atoms with Crippen molar-refractivity contribution >= 4 is 75.8 Å². The van der Waals surface area contributed by atoms with Gasteiger partial charge in [0, 0.05) is 98.6 Å². The number of nitrogens with zero attached hydrogens (tertiary/aromatic N) is 5. The second-order valence-corrected chi connectivity index (χ2v) is 25.0. The van der Waals surface area contributed by atoms with Gasteiger partial charge < -0.3 is 48.3 Å². The zero-order valence-electron chi connectivity index (χ0n) is 48.7. The SMILES string of the molecule is COCCOCCOCCN(CC(C)(C)SC1CC(=O)N(CCC(=O)C2CC(C)C2)C1=O)c1cc(COc2cc3c(cc2OC)C(=O)N2c4ccccc4C[C@H]2C=N3)cc(COc2cc3c(cc2OC)C(=O)N2c4ccccc4C[C@H]2CN3)c1. The maximum Gasteiger partial charge on any atom is 0.261 e. The molecule has 0 spiro atoms. The second kappa shape index (κ2) is 25.4. The molecule has 1 unspecified atom stereocenters. The lowest BCUT2D eigenvalue weighted by atomic mass is 9.73. The quantitative estimate of drug-likeness (QED) is 0.0407. The average Bonchev–Trinajstić information content (AvgIpc) is 2.30. The molecule has 5 aromatic carbocycles. The molecule has 0 bridgehead atoms. The fourth-order valence-corrected chi connectivity index (χ4v) is 13.9. The molecule has 1 aliphatic carbocycles. The minimum absolute atomic E-state index is 0.0150. The Morgan fingerprint density at radius 2 is 1.36 bits per heavy atom. The van der Waals surface area contributed by atoms with E-state index < -0.39 is 10.00 Å². The van der Waals surface area contributed by atoms with Crippen molar-refractivity contribution in [2.75, 3.05) is 101 Å². The number of imide groups is 1. The van der Waals surface area contributed by atoms with Crippen molar-refractivity contribution in [1.82, 2.24) is 4.90 Å². The first kappa shape index (κ1) is 58.3. The number of hydrogen-bond acceptors (Lipinski definition) is 16. The number of ether oxygens (including phenoxy) is 7. The van der Waals surface area contributed by atoms with Crippen LogP contribution in [0.25, 0.3) is 0 Å². The van der Waals surface area contributed by atoms with Gasteiger partial charge in [-0.2, -0.15) is 0 Å². The third-order valence-corrected chi connectivity index (χ3v) is 18.0. The van der Waals surface area contributed by atoms with Gasteiger partial charge in [0.15, 0.2) is 23.0 Å². The number of carbonyl (C=O) groups excluding carboxylic acids is 5. The summed E-state index contributed by atoms with van der Waals surface area (Å²) in [6.07, 6.45) is 5.19. The number of methoxy groups -OCH3 is 3. The van der Waals surface area contributed by atoms with E-state index in [1.54, 1.807) is 44.4 Å². The molecule has 5 heterocycles. The molecule has 1 saturated carbocycles. The number of aliphatic imine (C=N–C) groups is 1. The van der Waals surface area contributed by atoms with Crippen LogP contribution in [0.15, 0.2) is 96.0 Å². The summed E-state index contributed by atoms with van der Waals surface area (Å²) < 4.78 is 41.6. The zero-order chi connectivity index (χ0) is 58.6. The van der Waals surface area contributed by atoms with E-state index in [2.05, 4.69) is 49.2 Å². The number of benzene rings is 5. The monoisotopic (exact) mass is 1160 g/mol. The molecule has 3 atom stereocenters. The summed E-state index contributed by atoms with van der Waals surface area (Å²) in [5, 5.41) is 2.92. The molecule has 5 aliphatic heterocycles. The van der Waals surface area contributed by atoms with Gasteiger partial charge in [0.25, 0.3) is 11.8 Å². The van der Waals surface area contributed by atoms with Crippen LogP contribution in [0.1, 0.15) is 89.4 Å². The number of likely N-dealkylation sites (tertiary alicyclic amines) is 1. The van der Waals surface area contributed by atoms with E-state index in [4.69, 9.17) is 38.2 Å². The largest absolute Gasteiger partial charge is 0.493 e. The van der Waals surface area contributed by atoms with E-state index in [9.17, 15) is 24.0 Å². The van der Waals surface area contributed by atoms with Crippen LogP contribution >= 0.6 is 11.8 Å². The van der Waals surface area contributed by atoms with Crippen LogP contribution in [-0.2, 0) is 54.6 Å². The molecule has 19 heteroatoms. The number of fused-ring (bicyclic) bond motifs is 8. The lowest BCUT2D eigenvalue weighted by Crippen LogP contribution is -2.41. The van der Waals surface area contributed by atoms with Crippen molar-refractivity contribution in [3.63, 3.8) is 0 Å². The summed E-state index contributed by atoms with van der Waals surface area (Å²) >= 11 is 1.46. The Kier molecular flexibility index (Phi) is 17.6. The molecule has 1 N–H and O–H groups in total. The molecule has 6 aliphatic rings. The van der Waals surface area contributed by atoms with Gasteiger partial charge >= 0.3 is 0 Å². The van der Waals surface area contributed by atoms with E-state index in [1.165, 1.54) is 16.7 Å². The lowest BCUT2D eigenvalue weighted by molar-refractivity contribution is -0.138. The third-order valence-electron chi connectivity index (χ3n) is 16.6. The highest BCUT2D eigenvalue weighted by molar-refractivity contribution is 8.02. The number of Topliss-reactive ketones (excluding diaryl/α,β-unsaturated/α-hetero) is 1. The van der Waals surface area contributed by atoms with Crippen LogP contribution in [-0.4, -0.2) is 143 Å². The van der Waals surface area contributed by atoms with E-state index in [0.717, 1.165) is 58.6 Å². The first-order valence-corrected chi connectivity index (χ1v) is 29.9. The van der Waals surface area contributed by atoms with Crippen molar-refractivity contribution in [3.05, 3.63) is 124 Å². The van der Waals surface area contributed by atoms with Crippen LogP contribution in [0.2, 0.25) is 0 Å². The van der Waals surface area contributed by atoms with Gasteiger partial charge in [-0.05, 0) is 104 Å². The van der Waals surface area contributed by atoms with Crippen molar-refractivity contribution in [2.45, 2.75) is 94.6 Å². The smallest absolute Gasteiger partial charge is 0.261 e. The first-order chi connectivity index (χ1) is 40.7. The van der Waals surface area contributed by atoms with Gasteiger partial charge in [0.2, 0.25) is 11.8 Å². The fourth-order valence-electron chi connectivity index (χ4n) is 12.4. The third kappa shape index (κ3) is 12.5. The van der Waals surface area contributed by atoms with E-state index in [-0.39, 0.29) is 80.0 Å². The molecule has 11 rings (SSSR count). The Morgan fingerprint density at radius 1 is 0.726 bits per heavy atom. The van der Waals surface area contributed by atoms with Gasteiger partial charge in [-0.3, -0.25) is 38.8 Å². The molecule has 0 aromatic heterocycles. The summed E-state index contributed by atoms with van der Waals surface area (Å²) in [6, 6.07) is 28.8. The number of carbonyl (C=O) groups is 5. The number of ketones is 1. The molecule has 0 radical (unpaired) electrons. The number of para-hydroxylation sites is 2. The summed E-state index contributed by atoms with van der Waals surface area (Å²) in [6.45, 7) is 9.96. The standard InChI is InChI=1S/C65H74N6O12S/c1-40-23-45(24-40)55(72)15-16-69-61(73)34-60(64(69)76)84-65(2,3)39-68(17-18-80-21-22-81-20-19-77-4)46-26-41(37-82-58-32-51-49(30-56(58)78-5)62(74)70-47(35-66-51)28-43-11-7-9-13-53(43)70)25-42(27-46)38-83-59-33-52-50(31-57(59)79-6)63(75)71-48(36-67-52)29-44-12-8-10-14-54(44)71/h7-14,25-27,30-33,35,40,45,47-48,60,67H,15-24,28-29,34,36-39H2,1-6H3/t40?,45?,47-,48-,60?/m0/s1. The molecule has 2 fully saturated rings. The Morgan fingerprint density at radius 3 is 2.05 bits per heavy atom. The predicted octanol–water partition coefficient (Wildman–Crippen LogP) is 9.28. The Bertz CT molecular complexity index is 3350. The number of hydrogen-bond donors (Lipinski definition) is 1. The van der Waals surface area contributed by atoms with Gasteiger partial charge in [-0.1, -0.05) is 43.3 Å². The number of nitrogens with one attached hydrogen (secondary N) is 1. The maximum absolute atomic E-state index is 14.3. The normalized spacial score (nSPS) is 20.2. The Hall–Kier alpha value is -7.45. The Labute approximate surface area is 495 Å². The molecule has 5 aromatic rings. The Balaban J connectivity index is 0.879. The summed E-state index contributed by atoms with van der Waals surface area (Å²) in [7, 11) is 4.73. The van der Waals surface area contributed by atoms with Crippen molar-refractivity contribution < 1.29 is 57.1 Å². The van der Waals surface area contributed by atoms with Crippen LogP contribution in [0.4, 0.5) is 28.4 Å². The molecule has 1 saturated heterocycles. The number of rotatable bonds is 26. The number of thioether (sulfide) groups is 1. The topological polar surface area (TPSA) is 187 Å². The molecule has 4 amide bonds. The first-order valence-electron chi connectivity index (χ1n) is 29.1. The van der Waals surface area contributed by atoms with Crippen LogP contribution in [0.3, 0.4) is 0 Å². The zero-order valence-corrected chi connectivity index (χ0v) is 49.5. The molecule has 442 valence electrons. The fraction of sp³-hybridized carbons (Fsp3) is 0.446. The molecule has 84 heavy (non-hydrogen) atoms. The highest BCUT2D eigenvalue weighted by Crippen LogP contribution is 2.44. The second-order valence-electron chi connectivity index (χ2n) is 23.1. The van der Waals surface area contributed by atoms with Crippen molar-refractivity contribution in [1.29, 1.82) is 0 Å². The van der Waals surface area contributed by atoms with E-state index in [0.29, 0.717) is 111 Å². The van der Waals surface area contributed by atoms with Crippen LogP contribution < -0.4 is 39.0 Å². The summed E-state index contributed by atoms with van der Waals surface area (Å²) in [4.78, 5) is 81.0. The van der Waals surface area contributed by atoms with Crippen molar-refractivity contribution in [3.8, 4) is 23.0 Å². The van der Waals surface area contributed by atoms with Gasteiger partial charge in [-0.25, -0.2) is 0 Å². The highest BCUT2D eigenvalue weighted by Gasteiger charge is 2.44. The molecule has 18 nitrogen and oxygen atoms in total. The lowest BCUT2D eigenvalue weighted by Gasteiger charge is -2.35. The molecular formula is C65H74N6O12S. The number of anilines is 4. The summed E-state index contributed by atoms with van der Waals surface area (Å²) in [5.74, 6) is 1.47. The van der Waals surface area contributed by atoms with Crippen LogP contribution in [0, 0.1) is 11.8 Å². The minimum Gasteiger partial charge on any atom is -0.493 e. The maximum atomic E-state index is 14.3. The summed E-state index contributed by atoms with van der Waals surface area (Å²) in [5.41, 5.74) is 8.40. The van der Waals surface area contributed by atoms with Crippen LogP contribution in [0.5, 0.6) is 23.0 Å². The van der Waals surface area contributed by atoms with Gasteiger partial charge in [0.1, 0.15) is 19.0 Å². The minimum atomic E-state index is -0.617. The van der Waals surface area contributed by atoms with Gasteiger partial charge in [0.05, 0.1) is 87.1 Å². The van der Waals surface area contributed by atoms with Crippen molar-refractivity contribution in [2.24, 2.45) is 16.8 Å². The number of amides is 4. The predicted molar refractivity (Wildman–Crippen MR) is 323 cm³/mol. The van der Waals surface area contributed by atoms with E-state index >= 15 is 0 Å². The van der Waals surface area contributed by atoms with E-state index in [1.807, 2.05) is 65.7 Å². The molecular weight excluding hydrogens is 1090 g/mol. The van der Waals surface area contributed by atoms with Gasteiger partial charge in [-0.15, -0.1) is 11.8 Å².